The standard InChI is InChI=1S/C12H16FNO2/c1-8(12(15)16)7-11(14-2)9-5-3-4-6-10(9)13/h3-6,8,11,14H,7H2,1-2H3,(H,15,16). The molecular formula is C12H16FNO2. The lowest BCUT2D eigenvalue weighted by molar-refractivity contribution is -0.141. The van der Waals surface area contributed by atoms with Crippen molar-refractivity contribution in [1.29, 1.82) is 0 Å². The first-order chi connectivity index (χ1) is 7.56. The average molecular weight is 225 g/mol. The maximum Gasteiger partial charge on any atom is 0.306 e. The van der Waals surface area contributed by atoms with Gasteiger partial charge in [-0.1, -0.05) is 25.1 Å². The number of carbonyl (C=O) groups is 1. The first-order valence-corrected chi connectivity index (χ1v) is 5.20. The number of hydrogen-bond acceptors (Lipinski definition) is 2. The second-order valence-corrected chi connectivity index (χ2v) is 3.84. The number of benzene rings is 1. The van der Waals surface area contributed by atoms with Crippen LogP contribution in [0.25, 0.3) is 0 Å². The van der Waals surface area contributed by atoms with Crippen molar-refractivity contribution in [3.8, 4) is 0 Å². The molecule has 0 heterocycles. The van der Waals surface area contributed by atoms with E-state index in [0.717, 1.165) is 0 Å². The van der Waals surface area contributed by atoms with Gasteiger partial charge in [-0.05, 0) is 19.5 Å². The van der Waals surface area contributed by atoms with Gasteiger partial charge in [-0.3, -0.25) is 4.79 Å². The Morgan fingerprint density at radius 2 is 2.12 bits per heavy atom. The number of carboxylic acids is 1. The van der Waals surface area contributed by atoms with E-state index in [1.807, 2.05) is 0 Å². The minimum absolute atomic E-state index is 0.271. The molecule has 88 valence electrons. The third-order valence-electron chi connectivity index (χ3n) is 2.64. The summed E-state index contributed by atoms with van der Waals surface area (Å²) >= 11 is 0. The Morgan fingerprint density at radius 3 is 2.62 bits per heavy atom. The molecule has 0 fully saturated rings. The summed E-state index contributed by atoms with van der Waals surface area (Å²) in [5.74, 6) is -1.67. The smallest absolute Gasteiger partial charge is 0.306 e. The molecular weight excluding hydrogens is 209 g/mol. The zero-order valence-electron chi connectivity index (χ0n) is 9.40. The van der Waals surface area contributed by atoms with Crippen LogP contribution in [0.5, 0.6) is 0 Å². The zero-order valence-corrected chi connectivity index (χ0v) is 9.40. The molecule has 16 heavy (non-hydrogen) atoms. The van der Waals surface area contributed by atoms with Crippen LogP contribution in [-0.2, 0) is 4.79 Å². The molecule has 0 bridgehead atoms. The molecule has 2 unspecified atom stereocenters. The summed E-state index contributed by atoms with van der Waals surface area (Å²) in [6, 6.07) is 6.14. The second-order valence-electron chi connectivity index (χ2n) is 3.84. The van der Waals surface area contributed by atoms with E-state index < -0.39 is 11.9 Å². The van der Waals surface area contributed by atoms with E-state index in [9.17, 15) is 9.18 Å². The molecule has 1 aromatic carbocycles. The lowest BCUT2D eigenvalue weighted by atomic mass is 9.96. The van der Waals surface area contributed by atoms with E-state index in [-0.39, 0.29) is 11.9 Å². The molecule has 0 aromatic heterocycles. The molecule has 2 atom stereocenters. The molecule has 1 rings (SSSR count). The van der Waals surface area contributed by atoms with Gasteiger partial charge >= 0.3 is 5.97 Å². The van der Waals surface area contributed by atoms with E-state index >= 15 is 0 Å². The molecule has 3 nitrogen and oxygen atoms in total. The van der Waals surface area contributed by atoms with E-state index in [1.165, 1.54) is 6.07 Å². The molecule has 0 radical (unpaired) electrons. The van der Waals surface area contributed by atoms with Crippen LogP contribution in [0.3, 0.4) is 0 Å². The quantitative estimate of drug-likeness (QED) is 0.807. The van der Waals surface area contributed by atoms with Crippen LogP contribution in [0.1, 0.15) is 24.9 Å². The van der Waals surface area contributed by atoms with E-state index in [0.29, 0.717) is 12.0 Å². The topological polar surface area (TPSA) is 49.3 Å². The highest BCUT2D eigenvalue weighted by atomic mass is 19.1. The summed E-state index contributed by atoms with van der Waals surface area (Å²) in [5.41, 5.74) is 0.512. The Hall–Kier alpha value is -1.42. The monoisotopic (exact) mass is 225 g/mol. The fraction of sp³-hybridized carbons (Fsp3) is 0.417. The highest BCUT2D eigenvalue weighted by Gasteiger charge is 2.20. The van der Waals surface area contributed by atoms with Gasteiger partial charge in [-0.2, -0.15) is 0 Å². The minimum atomic E-state index is -0.864. The molecule has 0 amide bonds. The molecule has 0 aliphatic carbocycles. The van der Waals surface area contributed by atoms with Crippen LogP contribution in [0.15, 0.2) is 24.3 Å². The number of halogens is 1. The SMILES string of the molecule is CNC(CC(C)C(=O)O)c1ccccc1F. The molecule has 0 spiro atoms. The minimum Gasteiger partial charge on any atom is -0.481 e. The van der Waals surface area contributed by atoms with E-state index in [1.54, 1.807) is 32.2 Å². The van der Waals surface area contributed by atoms with Gasteiger partial charge in [0.15, 0.2) is 0 Å². The maximum atomic E-state index is 13.5. The lowest BCUT2D eigenvalue weighted by Crippen LogP contribution is -2.23. The molecule has 0 aliphatic heterocycles. The lowest BCUT2D eigenvalue weighted by Gasteiger charge is -2.19. The van der Waals surface area contributed by atoms with Gasteiger partial charge in [-0.15, -0.1) is 0 Å². The van der Waals surface area contributed by atoms with Crippen LogP contribution < -0.4 is 5.32 Å². The van der Waals surface area contributed by atoms with Crippen LogP contribution in [0, 0.1) is 11.7 Å². The maximum absolute atomic E-state index is 13.5. The molecule has 2 N–H and O–H groups in total. The van der Waals surface area contributed by atoms with Crippen LogP contribution >= 0.6 is 0 Å². The Balaban J connectivity index is 2.83. The molecule has 1 aromatic rings. The van der Waals surface area contributed by atoms with Crippen molar-refractivity contribution in [3.63, 3.8) is 0 Å². The van der Waals surface area contributed by atoms with Crippen molar-refractivity contribution < 1.29 is 14.3 Å². The zero-order chi connectivity index (χ0) is 12.1. The number of aliphatic carboxylic acids is 1. The summed E-state index contributed by atoms with van der Waals surface area (Å²) in [6.07, 6.45) is 0.368. The molecule has 4 heteroatoms. The highest BCUT2D eigenvalue weighted by molar-refractivity contribution is 5.69. The van der Waals surface area contributed by atoms with E-state index in [4.69, 9.17) is 5.11 Å². The van der Waals surface area contributed by atoms with Gasteiger partial charge in [-0.25, -0.2) is 4.39 Å². The Labute approximate surface area is 94.3 Å². The third-order valence-corrected chi connectivity index (χ3v) is 2.64. The normalized spacial score (nSPS) is 14.4. The first kappa shape index (κ1) is 12.6. The predicted molar refractivity (Wildman–Crippen MR) is 59.6 cm³/mol. The number of hydrogen-bond donors (Lipinski definition) is 2. The van der Waals surface area contributed by atoms with Crippen molar-refractivity contribution in [1.82, 2.24) is 5.32 Å². The predicted octanol–water partition coefficient (Wildman–Crippen LogP) is 2.20. The average Bonchev–Trinajstić information content (AvgIpc) is 2.26. The van der Waals surface area contributed by atoms with Crippen molar-refractivity contribution in [2.45, 2.75) is 19.4 Å². The summed E-state index contributed by atoms with van der Waals surface area (Å²) in [7, 11) is 1.70. The Bertz CT molecular complexity index is 368. The van der Waals surface area contributed by atoms with Gasteiger partial charge in [0.05, 0.1) is 5.92 Å². The van der Waals surface area contributed by atoms with Crippen LogP contribution in [-0.4, -0.2) is 18.1 Å². The molecule has 0 saturated carbocycles. The Morgan fingerprint density at radius 1 is 1.50 bits per heavy atom. The summed E-state index contributed by atoms with van der Waals surface area (Å²) in [6.45, 7) is 1.62. The number of nitrogens with one attached hydrogen (secondary N) is 1. The third kappa shape index (κ3) is 3.03. The van der Waals surface area contributed by atoms with Gasteiger partial charge in [0.1, 0.15) is 5.82 Å². The van der Waals surface area contributed by atoms with Crippen molar-refractivity contribution in [2.75, 3.05) is 7.05 Å². The van der Waals surface area contributed by atoms with Crippen LogP contribution in [0.2, 0.25) is 0 Å². The number of carboxylic acid groups (broad SMARTS) is 1. The van der Waals surface area contributed by atoms with Gasteiger partial charge < -0.3 is 10.4 Å². The van der Waals surface area contributed by atoms with E-state index in [2.05, 4.69) is 5.32 Å². The molecule has 0 aliphatic rings. The summed E-state index contributed by atoms with van der Waals surface area (Å²) in [4.78, 5) is 10.7. The number of rotatable bonds is 5. The fourth-order valence-electron chi connectivity index (χ4n) is 1.61. The summed E-state index contributed by atoms with van der Waals surface area (Å²) in [5, 5.41) is 11.8. The van der Waals surface area contributed by atoms with Crippen LogP contribution in [0.4, 0.5) is 4.39 Å². The summed E-state index contributed by atoms with van der Waals surface area (Å²) < 4.78 is 13.5. The van der Waals surface area contributed by atoms with Crippen molar-refractivity contribution in [2.24, 2.45) is 5.92 Å². The Kier molecular flexibility index (Phi) is 4.43. The van der Waals surface area contributed by atoms with Crippen molar-refractivity contribution >= 4 is 5.97 Å². The largest absolute Gasteiger partial charge is 0.481 e. The fourth-order valence-corrected chi connectivity index (χ4v) is 1.61. The van der Waals surface area contributed by atoms with Gasteiger partial charge in [0.2, 0.25) is 0 Å². The van der Waals surface area contributed by atoms with Gasteiger partial charge in [0.25, 0.3) is 0 Å². The van der Waals surface area contributed by atoms with Crippen molar-refractivity contribution in [3.05, 3.63) is 35.6 Å². The van der Waals surface area contributed by atoms with Gasteiger partial charge in [0, 0.05) is 11.6 Å². The molecule has 0 saturated heterocycles. The highest BCUT2D eigenvalue weighted by Crippen LogP contribution is 2.23. The first-order valence-electron chi connectivity index (χ1n) is 5.20. The second kappa shape index (κ2) is 5.61.